The summed E-state index contributed by atoms with van der Waals surface area (Å²) < 4.78 is 0. The predicted molar refractivity (Wildman–Crippen MR) is 88.7 cm³/mol. The normalized spacial score (nSPS) is 14.5. The molecule has 0 saturated carbocycles. The molecule has 4 heteroatoms. The van der Waals surface area contributed by atoms with E-state index in [0.29, 0.717) is 0 Å². The van der Waals surface area contributed by atoms with E-state index < -0.39 is 0 Å². The Kier molecular flexibility index (Phi) is 3.35. The molecule has 0 amide bonds. The van der Waals surface area contributed by atoms with Gasteiger partial charge >= 0.3 is 0 Å². The first-order valence-corrected chi connectivity index (χ1v) is 7.72. The summed E-state index contributed by atoms with van der Waals surface area (Å²) >= 11 is 0. The molecule has 3 heterocycles. The summed E-state index contributed by atoms with van der Waals surface area (Å²) in [6.07, 6.45) is 6.38. The first-order chi connectivity index (χ1) is 10.9. The van der Waals surface area contributed by atoms with Crippen LogP contribution in [0.15, 0.2) is 54.9 Å². The molecule has 1 N–H and O–H groups in total. The Morgan fingerprint density at radius 2 is 1.73 bits per heavy atom. The molecule has 0 aliphatic carbocycles. The lowest BCUT2D eigenvalue weighted by atomic mass is 10.2. The third-order valence-electron chi connectivity index (χ3n) is 4.10. The first kappa shape index (κ1) is 13.1. The molecule has 3 aromatic rings. The average molecular weight is 290 g/mol. The number of benzene rings is 1. The Labute approximate surface area is 129 Å². The molecule has 1 fully saturated rings. The van der Waals surface area contributed by atoms with Gasteiger partial charge in [0.05, 0.1) is 5.69 Å². The number of hydrogen-bond acceptors (Lipinski definition) is 3. The molecule has 1 aromatic carbocycles. The number of hydrogen-bond donors (Lipinski definition) is 1. The molecule has 0 atom stereocenters. The highest BCUT2D eigenvalue weighted by atomic mass is 15.2. The highest BCUT2D eigenvalue weighted by Crippen LogP contribution is 2.24. The lowest BCUT2D eigenvalue weighted by molar-refractivity contribution is 0.938. The van der Waals surface area contributed by atoms with Gasteiger partial charge in [-0.1, -0.05) is 30.3 Å². The summed E-state index contributed by atoms with van der Waals surface area (Å²) in [6, 6.07) is 14.4. The summed E-state index contributed by atoms with van der Waals surface area (Å²) in [4.78, 5) is 14.8. The number of pyridine rings is 1. The lowest BCUT2D eigenvalue weighted by Crippen LogP contribution is -2.18. The molecule has 4 rings (SSSR count). The molecule has 0 bridgehead atoms. The number of rotatable bonds is 3. The van der Waals surface area contributed by atoms with Crippen molar-refractivity contribution in [1.82, 2.24) is 15.0 Å². The maximum atomic E-state index is 4.67. The van der Waals surface area contributed by atoms with Crippen LogP contribution in [0.3, 0.4) is 0 Å². The quantitative estimate of drug-likeness (QED) is 0.799. The zero-order chi connectivity index (χ0) is 14.8. The van der Waals surface area contributed by atoms with Crippen LogP contribution in [-0.2, 0) is 0 Å². The monoisotopic (exact) mass is 290 g/mol. The van der Waals surface area contributed by atoms with Gasteiger partial charge in [-0.05, 0) is 25.0 Å². The van der Waals surface area contributed by atoms with Crippen molar-refractivity contribution >= 4 is 5.82 Å². The van der Waals surface area contributed by atoms with Gasteiger partial charge < -0.3 is 9.88 Å². The third kappa shape index (κ3) is 2.48. The fraction of sp³-hybridized carbons (Fsp3) is 0.222. The highest BCUT2D eigenvalue weighted by Gasteiger charge is 2.13. The summed E-state index contributed by atoms with van der Waals surface area (Å²) in [5.74, 6) is 1.93. The second-order valence-electron chi connectivity index (χ2n) is 5.60. The number of nitrogens with one attached hydrogen (secondary N) is 1. The molecule has 1 aliphatic rings. The van der Waals surface area contributed by atoms with Crippen LogP contribution in [0, 0.1) is 0 Å². The Bertz CT molecular complexity index is 740. The Balaban J connectivity index is 1.58. The van der Waals surface area contributed by atoms with E-state index in [0.717, 1.165) is 41.6 Å². The number of anilines is 1. The molecule has 0 spiro atoms. The minimum atomic E-state index is 0.860. The standard InChI is InChI=1S/C18H18N4/c1-2-6-14(7-3-1)16-13-20-18(21-16)15-8-9-17(19-12-15)22-10-4-5-11-22/h1-3,6-9,12-13H,4-5,10-11H2,(H,20,21). The van der Waals surface area contributed by atoms with Crippen molar-refractivity contribution < 1.29 is 0 Å². The fourth-order valence-electron chi connectivity index (χ4n) is 2.89. The predicted octanol–water partition coefficient (Wildman–Crippen LogP) is 3.74. The number of nitrogens with zero attached hydrogens (tertiary/aromatic N) is 3. The van der Waals surface area contributed by atoms with Gasteiger partial charge in [-0.2, -0.15) is 0 Å². The molecule has 22 heavy (non-hydrogen) atoms. The van der Waals surface area contributed by atoms with Gasteiger partial charge in [0, 0.05) is 36.6 Å². The highest BCUT2D eigenvalue weighted by molar-refractivity contribution is 5.64. The van der Waals surface area contributed by atoms with Crippen LogP contribution in [0.25, 0.3) is 22.6 Å². The van der Waals surface area contributed by atoms with Gasteiger partial charge in [0.2, 0.25) is 0 Å². The number of aromatic nitrogens is 3. The van der Waals surface area contributed by atoms with E-state index in [2.05, 4.69) is 44.1 Å². The number of imidazole rings is 1. The fourth-order valence-corrected chi connectivity index (χ4v) is 2.89. The van der Waals surface area contributed by atoms with E-state index in [4.69, 9.17) is 0 Å². The van der Waals surface area contributed by atoms with E-state index in [9.17, 15) is 0 Å². The largest absolute Gasteiger partial charge is 0.357 e. The summed E-state index contributed by atoms with van der Waals surface area (Å²) in [5, 5.41) is 0. The zero-order valence-corrected chi connectivity index (χ0v) is 12.4. The van der Waals surface area contributed by atoms with Crippen molar-refractivity contribution in [2.75, 3.05) is 18.0 Å². The maximum absolute atomic E-state index is 4.67. The van der Waals surface area contributed by atoms with Crippen LogP contribution in [-0.4, -0.2) is 28.0 Å². The smallest absolute Gasteiger partial charge is 0.139 e. The first-order valence-electron chi connectivity index (χ1n) is 7.72. The van der Waals surface area contributed by atoms with Gasteiger partial charge in [0.1, 0.15) is 11.6 Å². The van der Waals surface area contributed by atoms with E-state index in [1.807, 2.05) is 30.6 Å². The van der Waals surface area contributed by atoms with Crippen molar-refractivity contribution in [2.24, 2.45) is 0 Å². The number of H-pyrrole nitrogens is 1. The third-order valence-corrected chi connectivity index (χ3v) is 4.10. The Morgan fingerprint density at radius 3 is 2.45 bits per heavy atom. The molecule has 0 radical (unpaired) electrons. The van der Waals surface area contributed by atoms with E-state index in [1.165, 1.54) is 12.8 Å². The van der Waals surface area contributed by atoms with Crippen LogP contribution < -0.4 is 4.90 Å². The van der Waals surface area contributed by atoms with E-state index >= 15 is 0 Å². The summed E-state index contributed by atoms with van der Waals surface area (Å²) in [7, 11) is 0. The van der Waals surface area contributed by atoms with Gasteiger partial charge in [0.15, 0.2) is 0 Å². The SMILES string of the molecule is c1ccc(-c2c[nH]c(-c3ccc(N4CCCC4)nc3)n2)cc1. The maximum Gasteiger partial charge on any atom is 0.139 e. The average Bonchev–Trinajstić information content (AvgIpc) is 3.28. The molecule has 1 aliphatic heterocycles. The topological polar surface area (TPSA) is 44.8 Å². The minimum absolute atomic E-state index is 0.860. The molecule has 0 unspecified atom stereocenters. The van der Waals surface area contributed by atoms with Crippen molar-refractivity contribution in [2.45, 2.75) is 12.8 Å². The second-order valence-corrected chi connectivity index (χ2v) is 5.60. The van der Waals surface area contributed by atoms with Gasteiger partial charge in [-0.25, -0.2) is 9.97 Å². The van der Waals surface area contributed by atoms with Crippen LogP contribution in [0.1, 0.15) is 12.8 Å². The van der Waals surface area contributed by atoms with Crippen molar-refractivity contribution in [3.05, 3.63) is 54.9 Å². The lowest BCUT2D eigenvalue weighted by Gasteiger charge is -2.15. The molecule has 110 valence electrons. The van der Waals surface area contributed by atoms with Crippen molar-refractivity contribution in [3.63, 3.8) is 0 Å². The van der Waals surface area contributed by atoms with Crippen molar-refractivity contribution in [3.8, 4) is 22.6 Å². The molecule has 1 saturated heterocycles. The molecule has 2 aromatic heterocycles. The van der Waals surface area contributed by atoms with E-state index in [-0.39, 0.29) is 0 Å². The van der Waals surface area contributed by atoms with Crippen molar-refractivity contribution in [1.29, 1.82) is 0 Å². The Morgan fingerprint density at radius 1 is 0.909 bits per heavy atom. The van der Waals surface area contributed by atoms with Gasteiger partial charge in [-0.3, -0.25) is 0 Å². The molecular formula is C18H18N4. The van der Waals surface area contributed by atoms with Gasteiger partial charge in [-0.15, -0.1) is 0 Å². The second kappa shape index (κ2) is 5.64. The number of aromatic amines is 1. The van der Waals surface area contributed by atoms with Crippen LogP contribution >= 0.6 is 0 Å². The van der Waals surface area contributed by atoms with Crippen LogP contribution in [0.2, 0.25) is 0 Å². The summed E-state index contributed by atoms with van der Waals surface area (Å²) in [6.45, 7) is 2.23. The molecule has 4 nitrogen and oxygen atoms in total. The molecular weight excluding hydrogens is 272 g/mol. The summed E-state index contributed by atoms with van der Waals surface area (Å²) in [5.41, 5.74) is 3.09. The van der Waals surface area contributed by atoms with Gasteiger partial charge in [0.25, 0.3) is 0 Å². The zero-order valence-electron chi connectivity index (χ0n) is 12.4. The minimum Gasteiger partial charge on any atom is -0.357 e. The van der Waals surface area contributed by atoms with Crippen LogP contribution in [0.4, 0.5) is 5.82 Å². The van der Waals surface area contributed by atoms with E-state index in [1.54, 1.807) is 0 Å². The Hall–Kier alpha value is -2.62. The van der Waals surface area contributed by atoms with Crippen LogP contribution in [0.5, 0.6) is 0 Å².